The molecule has 0 unspecified atom stereocenters. The average Bonchev–Trinajstić information content (AvgIpc) is 2.17. The van der Waals surface area contributed by atoms with Gasteiger partial charge in [-0.3, -0.25) is 4.98 Å². The van der Waals surface area contributed by atoms with E-state index in [0.29, 0.717) is 5.52 Å². The third-order valence-corrected chi connectivity index (χ3v) is 2.13. The highest BCUT2D eigenvalue weighted by Crippen LogP contribution is 2.18. The van der Waals surface area contributed by atoms with Gasteiger partial charge in [-0.25, -0.2) is 4.98 Å². The summed E-state index contributed by atoms with van der Waals surface area (Å²) in [4.78, 5) is 10.9. The molecule has 1 aromatic heterocycles. The molecule has 0 fully saturated rings. The number of halogens is 1. The fourth-order valence-electron chi connectivity index (χ4n) is 1.07. The molecule has 0 N–H and O–H groups in total. The molecule has 0 aliphatic heterocycles. The number of nitrogens with zero attached hydrogens (tertiary/aromatic N) is 5. The van der Waals surface area contributed by atoms with Crippen LogP contribution >= 0.6 is 15.9 Å². The maximum Gasteiger partial charge on any atom is 0.145 e. The van der Waals surface area contributed by atoms with Crippen molar-refractivity contribution in [3.05, 3.63) is 39.3 Å². The third-order valence-electron chi connectivity index (χ3n) is 1.64. The van der Waals surface area contributed by atoms with E-state index in [2.05, 4.69) is 35.9 Å². The largest absolute Gasteiger partial charge is 0.253 e. The van der Waals surface area contributed by atoms with Crippen LogP contribution in [0, 0.1) is 0 Å². The molecule has 0 atom stereocenters. The van der Waals surface area contributed by atoms with Crippen LogP contribution in [-0.4, -0.2) is 9.97 Å². The van der Waals surface area contributed by atoms with E-state index in [-0.39, 0.29) is 5.82 Å². The summed E-state index contributed by atoms with van der Waals surface area (Å²) in [6, 6.07) is 5.54. The maximum absolute atomic E-state index is 8.23. The summed E-state index contributed by atoms with van der Waals surface area (Å²) in [6.07, 6.45) is 1.44. The molecule has 0 radical (unpaired) electrons. The molecular formula is C8H4BrN5. The summed E-state index contributed by atoms with van der Waals surface area (Å²) in [7, 11) is 0. The molecule has 0 amide bonds. The first-order valence-electron chi connectivity index (χ1n) is 3.77. The van der Waals surface area contributed by atoms with Gasteiger partial charge in [-0.15, -0.1) is 0 Å². The average molecular weight is 250 g/mol. The van der Waals surface area contributed by atoms with Gasteiger partial charge in [-0.05, 0) is 28.8 Å². The topological polar surface area (TPSA) is 74.5 Å². The van der Waals surface area contributed by atoms with Crippen molar-refractivity contribution in [2.75, 3.05) is 0 Å². The molecule has 0 aliphatic carbocycles. The third kappa shape index (κ3) is 1.66. The fourth-order valence-corrected chi connectivity index (χ4v) is 1.42. The lowest BCUT2D eigenvalue weighted by molar-refractivity contribution is 1.24. The Labute approximate surface area is 87.6 Å². The highest BCUT2D eigenvalue weighted by atomic mass is 79.9. The quantitative estimate of drug-likeness (QED) is 0.442. The Morgan fingerprint density at radius 3 is 3.00 bits per heavy atom. The first-order chi connectivity index (χ1) is 6.79. The van der Waals surface area contributed by atoms with E-state index in [1.807, 2.05) is 18.2 Å². The molecule has 2 rings (SSSR count). The molecule has 0 aliphatic rings. The second-order valence-electron chi connectivity index (χ2n) is 2.55. The lowest BCUT2D eigenvalue weighted by atomic mass is 10.3. The van der Waals surface area contributed by atoms with E-state index < -0.39 is 0 Å². The molecule has 1 heterocycles. The molecule has 2 aromatic rings. The molecular weight excluding hydrogens is 246 g/mol. The lowest BCUT2D eigenvalue weighted by Gasteiger charge is -1.97. The first-order valence-corrected chi connectivity index (χ1v) is 4.56. The van der Waals surface area contributed by atoms with Crippen molar-refractivity contribution in [2.45, 2.75) is 0 Å². The second kappa shape index (κ2) is 3.61. The highest BCUT2D eigenvalue weighted by Gasteiger charge is 1.98. The molecule has 68 valence electrons. The van der Waals surface area contributed by atoms with Gasteiger partial charge in [0, 0.05) is 9.38 Å². The Bertz CT molecular complexity index is 532. The van der Waals surface area contributed by atoms with Gasteiger partial charge in [0.15, 0.2) is 0 Å². The monoisotopic (exact) mass is 249 g/mol. The van der Waals surface area contributed by atoms with Crippen molar-refractivity contribution < 1.29 is 0 Å². The van der Waals surface area contributed by atoms with Gasteiger partial charge < -0.3 is 0 Å². The minimum absolute atomic E-state index is 0.276. The van der Waals surface area contributed by atoms with Crippen LogP contribution in [0.1, 0.15) is 0 Å². The van der Waals surface area contributed by atoms with Crippen molar-refractivity contribution in [3.8, 4) is 0 Å². The zero-order valence-electron chi connectivity index (χ0n) is 6.92. The summed E-state index contributed by atoms with van der Waals surface area (Å²) in [5.74, 6) is 0.276. The second-order valence-corrected chi connectivity index (χ2v) is 3.47. The SMILES string of the molecule is [N-]=[N+]=Nc1cnc2ccc(Br)cc2n1. The van der Waals surface area contributed by atoms with Crippen LogP contribution in [0.5, 0.6) is 0 Å². The number of hydrogen-bond donors (Lipinski definition) is 0. The van der Waals surface area contributed by atoms with Crippen molar-refractivity contribution in [1.82, 2.24) is 9.97 Å². The van der Waals surface area contributed by atoms with Crippen LogP contribution in [0.25, 0.3) is 21.5 Å². The van der Waals surface area contributed by atoms with Crippen LogP contribution in [-0.2, 0) is 0 Å². The normalized spacial score (nSPS) is 9.79. The van der Waals surface area contributed by atoms with Crippen LogP contribution < -0.4 is 0 Å². The molecule has 0 saturated carbocycles. The van der Waals surface area contributed by atoms with Crippen molar-refractivity contribution in [3.63, 3.8) is 0 Å². The van der Waals surface area contributed by atoms with E-state index in [1.165, 1.54) is 6.20 Å². The van der Waals surface area contributed by atoms with Crippen LogP contribution in [0.3, 0.4) is 0 Å². The number of fused-ring (bicyclic) bond motifs is 1. The standard InChI is InChI=1S/C8H4BrN5/c9-5-1-2-6-7(3-5)12-8(4-11-6)13-14-10/h1-4H. The summed E-state index contributed by atoms with van der Waals surface area (Å²) >= 11 is 3.32. The van der Waals surface area contributed by atoms with Crippen LogP contribution in [0.15, 0.2) is 34.0 Å². The Balaban J connectivity index is 2.69. The Kier molecular flexibility index (Phi) is 2.30. The van der Waals surface area contributed by atoms with E-state index in [9.17, 15) is 0 Å². The molecule has 5 nitrogen and oxygen atoms in total. The molecule has 6 heteroatoms. The zero-order valence-corrected chi connectivity index (χ0v) is 8.51. The Morgan fingerprint density at radius 2 is 2.21 bits per heavy atom. The number of azide groups is 1. The Morgan fingerprint density at radius 1 is 1.36 bits per heavy atom. The van der Waals surface area contributed by atoms with Gasteiger partial charge in [0.05, 0.1) is 17.2 Å². The predicted octanol–water partition coefficient (Wildman–Crippen LogP) is 3.33. The van der Waals surface area contributed by atoms with E-state index >= 15 is 0 Å². The number of rotatable bonds is 1. The van der Waals surface area contributed by atoms with Gasteiger partial charge in [0.2, 0.25) is 0 Å². The van der Waals surface area contributed by atoms with Crippen molar-refractivity contribution in [2.24, 2.45) is 5.11 Å². The molecule has 14 heavy (non-hydrogen) atoms. The molecule has 0 spiro atoms. The number of hydrogen-bond acceptors (Lipinski definition) is 3. The predicted molar refractivity (Wildman–Crippen MR) is 56.0 cm³/mol. The van der Waals surface area contributed by atoms with Gasteiger partial charge in [-0.1, -0.05) is 15.9 Å². The van der Waals surface area contributed by atoms with Crippen LogP contribution in [0.4, 0.5) is 5.82 Å². The first kappa shape index (κ1) is 8.93. The van der Waals surface area contributed by atoms with Crippen molar-refractivity contribution in [1.29, 1.82) is 0 Å². The van der Waals surface area contributed by atoms with E-state index in [0.717, 1.165) is 9.99 Å². The smallest absolute Gasteiger partial charge is 0.145 e. The Hall–Kier alpha value is -1.65. The van der Waals surface area contributed by atoms with Gasteiger partial charge in [0.25, 0.3) is 0 Å². The highest BCUT2D eigenvalue weighted by molar-refractivity contribution is 9.10. The van der Waals surface area contributed by atoms with Gasteiger partial charge in [0.1, 0.15) is 5.82 Å². The summed E-state index contributed by atoms with van der Waals surface area (Å²) < 4.78 is 0.914. The summed E-state index contributed by atoms with van der Waals surface area (Å²) in [5, 5.41) is 3.38. The minimum atomic E-state index is 0.276. The van der Waals surface area contributed by atoms with Gasteiger partial charge >= 0.3 is 0 Å². The summed E-state index contributed by atoms with van der Waals surface area (Å²) in [6.45, 7) is 0. The van der Waals surface area contributed by atoms with Gasteiger partial charge in [-0.2, -0.15) is 0 Å². The maximum atomic E-state index is 8.23. The van der Waals surface area contributed by atoms with E-state index in [4.69, 9.17) is 5.53 Å². The van der Waals surface area contributed by atoms with Crippen LogP contribution in [0.2, 0.25) is 0 Å². The molecule has 0 saturated heterocycles. The van der Waals surface area contributed by atoms with E-state index in [1.54, 1.807) is 0 Å². The van der Waals surface area contributed by atoms with Crippen molar-refractivity contribution >= 4 is 32.8 Å². The minimum Gasteiger partial charge on any atom is -0.253 e. The lowest BCUT2D eigenvalue weighted by Crippen LogP contribution is -1.82. The summed E-state index contributed by atoms with van der Waals surface area (Å²) in [5.41, 5.74) is 9.69. The number of aromatic nitrogens is 2. The molecule has 1 aromatic carbocycles. The molecule has 0 bridgehead atoms. The zero-order chi connectivity index (χ0) is 9.97. The fraction of sp³-hybridized carbons (Fsp3) is 0. The number of benzene rings is 1.